The van der Waals surface area contributed by atoms with Gasteiger partial charge in [0.25, 0.3) is 0 Å². The summed E-state index contributed by atoms with van der Waals surface area (Å²) in [6, 6.07) is 0. The Morgan fingerprint density at radius 1 is 0.463 bits per heavy atom. The molecule has 0 aliphatic heterocycles. The van der Waals surface area contributed by atoms with Crippen molar-refractivity contribution in [3.63, 3.8) is 0 Å². The minimum absolute atomic E-state index is 0. The first kappa shape index (κ1) is 46.2. The molecule has 0 aromatic heterocycles. The van der Waals surface area contributed by atoms with E-state index in [9.17, 15) is 18.9 Å². The molecule has 0 aromatic rings. The van der Waals surface area contributed by atoms with Crippen molar-refractivity contribution in [2.24, 2.45) is 0 Å². The Kier molecular flexibility index (Phi) is 33.3. The molecule has 6 unspecified atom stereocenters. The fraction of sp³-hybridized carbons (Fsp3) is 1.00. The molecule has 0 rings (SSSR count). The molecule has 41 heavy (non-hydrogen) atoms. The van der Waals surface area contributed by atoms with E-state index in [1.807, 2.05) is 13.8 Å². The summed E-state index contributed by atoms with van der Waals surface area (Å²) in [5.74, 6) is 0. The van der Waals surface area contributed by atoms with Crippen LogP contribution in [-0.4, -0.2) is 23.5 Å². The fourth-order valence-corrected chi connectivity index (χ4v) is 7.21. The minimum atomic E-state index is -3.69. The van der Waals surface area contributed by atoms with Crippen LogP contribution in [0.5, 0.6) is 0 Å². The Morgan fingerprint density at radius 3 is 0.951 bits per heavy atom. The van der Waals surface area contributed by atoms with Crippen LogP contribution in [0.3, 0.4) is 0 Å². The fourth-order valence-electron chi connectivity index (χ4n) is 4.58. The Balaban J connectivity index is -0.000000688. The van der Waals surface area contributed by atoms with Gasteiger partial charge in [-0.25, -0.2) is 0 Å². The van der Waals surface area contributed by atoms with Crippen LogP contribution in [0.1, 0.15) is 184 Å². The van der Waals surface area contributed by atoms with Crippen LogP contribution in [0.25, 0.3) is 0 Å². The molecule has 0 aliphatic carbocycles. The molecule has 251 valence electrons. The van der Waals surface area contributed by atoms with Gasteiger partial charge >= 0.3 is 16.8 Å². The van der Waals surface area contributed by atoms with Crippen LogP contribution in [0, 0.1) is 0 Å². The van der Waals surface area contributed by atoms with E-state index in [0.717, 1.165) is 64.2 Å². The van der Waals surface area contributed by atoms with E-state index >= 15 is 0 Å². The summed E-state index contributed by atoms with van der Waals surface area (Å²) in [4.78, 5) is 24.2. The monoisotopic (exact) mass is 669 g/mol. The van der Waals surface area contributed by atoms with Gasteiger partial charge in [0, 0.05) is 11.3 Å². The average Bonchev–Trinajstić information content (AvgIpc) is 2.89. The summed E-state index contributed by atoms with van der Waals surface area (Å²) >= 11 is 0. The molecule has 0 amide bonds. The van der Waals surface area contributed by atoms with Crippen LogP contribution in [0.4, 0.5) is 0 Å². The number of hydrogen-bond acceptors (Lipinski definition) is 6. The van der Waals surface area contributed by atoms with E-state index in [0.29, 0.717) is 0 Å². The SMILES string of the molecule is CCCCCCC(C)OP(=O)([O-])C(C)CCCCCC.CCCCCCC(C)OP(=O)([O-])C(C)CCCCCC.[Co+2]. The third kappa shape index (κ3) is 28.0. The first-order chi connectivity index (χ1) is 18.9. The van der Waals surface area contributed by atoms with Gasteiger partial charge in [-0.15, -0.1) is 0 Å². The topological polar surface area (TPSA) is 98.7 Å². The quantitative estimate of drug-likeness (QED) is 0.0671. The zero-order valence-corrected chi connectivity index (χ0v) is 31.0. The summed E-state index contributed by atoms with van der Waals surface area (Å²) < 4.78 is 34.9. The molecule has 6 atom stereocenters. The van der Waals surface area contributed by atoms with Crippen molar-refractivity contribution in [1.29, 1.82) is 0 Å². The van der Waals surface area contributed by atoms with Crippen molar-refractivity contribution < 1.29 is 44.7 Å². The van der Waals surface area contributed by atoms with Crippen molar-refractivity contribution in [2.75, 3.05) is 0 Å². The molecule has 0 fully saturated rings. The number of rotatable bonds is 26. The van der Waals surface area contributed by atoms with Gasteiger partial charge in [-0.3, -0.25) is 0 Å². The predicted octanol–water partition coefficient (Wildman–Crippen LogP) is 10.5. The van der Waals surface area contributed by atoms with Crippen molar-refractivity contribution in [3.05, 3.63) is 0 Å². The van der Waals surface area contributed by atoms with Crippen molar-refractivity contribution in [2.45, 2.75) is 207 Å². The predicted molar refractivity (Wildman–Crippen MR) is 170 cm³/mol. The van der Waals surface area contributed by atoms with Crippen LogP contribution < -0.4 is 9.79 Å². The van der Waals surface area contributed by atoms with E-state index in [4.69, 9.17) is 9.05 Å². The van der Waals surface area contributed by atoms with Gasteiger partial charge in [0.15, 0.2) is 0 Å². The van der Waals surface area contributed by atoms with E-state index in [2.05, 4.69) is 27.7 Å². The smallest absolute Gasteiger partial charge is 0.778 e. The van der Waals surface area contributed by atoms with Gasteiger partial charge in [0.05, 0.1) is 12.2 Å². The van der Waals surface area contributed by atoms with Crippen molar-refractivity contribution in [3.8, 4) is 0 Å². The zero-order chi connectivity index (χ0) is 30.9. The van der Waals surface area contributed by atoms with E-state index in [1.165, 1.54) is 64.2 Å². The first-order valence-corrected chi connectivity index (χ1v) is 20.1. The van der Waals surface area contributed by atoms with Crippen LogP contribution >= 0.6 is 15.2 Å². The maximum Gasteiger partial charge on any atom is 2.00 e. The molecule has 9 heteroatoms. The average molecular weight is 670 g/mol. The van der Waals surface area contributed by atoms with E-state index in [-0.39, 0.29) is 40.3 Å². The molecule has 0 heterocycles. The maximum atomic E-state index is 12.1. The molecular weight excluding hydrogens is 601 g/mol. The maximum absolute atomic E-state index is 12.1. The first-order valence-electron chi connectivity index (χ1n) is 16.9. The summed E-state index contributed by atoms with van der Waals surface area (Å²) in [6.07, 6.45) is 21.0. The molecule has 0 spiro atoms. The Labute approximate surface area is 266 Å². The Morgan fingerprint density at radius 2 is 0.707 bits per heavy atom. The van der Waals surface area contributed by atoms with Gasteiger partial charge in [0.2, 0.25) is 0 Å². The summed E-state index contributed by atoms with van der Waals surface area (Å²) in [5.41, 5.74) is -0.699. The summed E-state index contributed by atoms with van der Waals surface area (Å²) in [7, 11) is -7.39. The van der Waals surface area contributed by atoms with Gasteiger partial charge in [-0.2, -0.15) is 0 Å². The second kappa shape index (κ2) is 29.5. The normalized spacial score (nSPS) is 17.2. The second-order valence-electron chi connectivity index (χ2n) is 12.0. The third-order valence-electron chi connectivity index (χ3n) is 7.61. The molecule has 0 aliphatic rings. The molecule has 0 saturated heterocycles. The minimum Gasteiger partial charge on any atom is -0.778 e. The van der Waals surface area contributed by atoms with Gasteiger partial charge < -0.3 is 28.0 Å². The summed E-state index contributed by atoms with van der Waals surface area (Å²) in [6.45, 7) is 16.0. The molecule has 0 saturated carbocycles. The zero-order valence-electron chi connectivity index (χ0n) is 28.1. The molecule has 6 nitrogen and oxygen atoms in total. The van der Waals surface area contributed by atoms with Crippen molar-refractivity contribution >= 4 is 15.2 Å². The van der Waals surface area contributed by atoms with Crippen LogP contribution in [-0.2, 0) is 35.0 Å². The van der Waals surface area contributed by atoms with Gasteiger partial charge in [-0.05, 0) is 39.5 Å². The molecule has 1 radical (unpaired) electrons. The molecule has 0 N–H and O–H groups in total. The standard InChI is InChI=1S/2C16H35O3P.Co/c2*1-5-7-9-11-13-15(3)19-20(17,18)16(4)14-12-10-8-6-2;/h2*15-16H,5-14H2,1-4H3,(H,17,18);/q;;+2/p-2. The Bertz CT molecular complexity index is 598. The number of unbranched alkanes of at least 4 members (excludes halogenated alkanes) is 12. The van der Waals surface area contributed by atoms with Crippen LogP contribution in [0.2, 0.25) is 0 Å². The van der Waals surface area contributed by atoms with E-state index in [1.54, 1.807) is 13.8 Å². The van der Waals surface area contributed by atoms with Gasteiger partial charge in [0.1, 0.15) is 15.2 Å². The Hall–Kier alpha value is 0.806. The third-order valence-corrected chi connectivity index (χ3v) is 11.6. The summed E-state index contributed by atoms with van der Waals surface area (Å²) in [5, 5.41) is 0. The van der Waals surface area contributed by atoms with Gasteiger partial charge in [-0.1, -0.05) is 144 Å². The molecule has 0 aromatic carbocycles. The number of hydrogen-bond donors (Lipinski definition) is 0. The van der Waals surface area contributed by atoms with Crippen LogP contribution in [0.15, 0.2) is 0 Å². The molecule has 0 bridgehead atoms. The molecular formula is C32H68CoO6P2. The second-order valence-corrected chi connectivity index (χ2v) is 16.4. The van der Waals surface area contributed by atoms with E-state index < -0.39 is 15.2 Å². The largest absolute Gasteiger partial charge is 2.00 e. The van der Waals surface area contributed by atoms with Crippen molar-refractivity contribution in [1.82, 2.24) is 0 Å².